The van der Waals surface area contributed by atoms with E-state index >= 15 is 0 Å². The molecule has 0 spiro atoms. The zero-order valence-corrected chi connectivity index (χ0v) is 9.57. The van der Waals surface area contributed by atoms with Crippen molar-refractivity contribution >= 4 is 29.1 Å². The molecule has 5 heteroatoms. The lowest BCUT2D eigenvalue weighted by molar-refractivity contribution is -0.141. The smallest absolute Gasteiger partial charge is 0.323 e. The fourth-order valence-corrected chi connectivity index (χ4v) is 2.72. The maximum Gasteiger partial charge on any atom is 0.323 e. The second kappa shape index (κ2) is 6.06. The van der Waals surface area contributed by atoms with Gasteiger partial charge < -0.3 is 10.5 Å². The topological polar surface area (TPSA) is 52.3 Å². The van der Waals surface area contributed by atoms with Crippen molar-refractivity contribution in [2.24, 2.45) is 5.73 Å². The minimum absolute atomic E-state index is 0.344. The molecular weight excluding hydrogens is 218 g/mol. The lowest BCUT2D eigenvalue weighted by Gasteiger charge is -2.07. The Morgan fingerprint density at radius 3 is 3.14 bits per heavy atom. The van der Waals surface area contributed by atoms with Crippen LogP contribution in [0.15, 0.2) is 17.5 Å². The van der Waals surface area contributed by atoms with Crippen LogP contribution in [0.5, 0.6) is 0 Å². The number of methoxy groups -OCH3 is 1. The highest BCUT2D eigenvalue weighted by Gasteiger charge is 2.12. The predicted molar refractivity (Wildman–Crippen MR) is 60.5 cm³/mol. The minimum Gasteiger partial charge on any atom is -0.468 e. The lowest BCUT2D eigenvalue weighted by atomic mass is 10.4. The summed E-state index contributed by atoms with van der Waals surface area (Å²) < 4.78 is 4.53. The Balaban J connectivity index is 2.18. The standard InChI is InChI=1S/C9H13NO2S2/c1-12-9(11)8(10)6-13-5-7-3-2-4-14-7/h2-4,8H,5-6,10H2,1H3. The molecule has 1 heterocycles. The first kappa shape index (κ1) is 11.6. The Bertz CT molecular complexity index is 274. The van der Waals surface area contributed by atoms with E-state index in [1.54, 1.807) is 23.1 Å². The zero-order valence-electron chi connectivity index (χ0n) is 7.93. The van der Waals surface area contributed by atoms with E-state index < -0.39 is 6.04 Å². The second-order valence-corrected chi connectivity index (χ2v) is 4.79. The van der Waals surface area contributed by atoms with Crippen LogP contribution < -0.4 is 5.73 Å². The van der Waals surface area contributed by atoms with E-state index in [0.29, 0.717) is 5.75 Å². The third-order valence-corrected chi connectivity index (χ3v) is 3.79. The van der Waals surface area contributed by atoms with E-state index in [2.05, 4.69) is 10.8 Å². The van der Waals surface area contributed by atoms with Gasteiger partial charge in [0.25, 0.3) is 0 Å². The molecule has 1 rings (SSSR count). The van der Waals surface area contributed by atoms with Crippen molar-refractivity contribution < 1.29 is 9.53 Å². The quantitative estimate of drug-likeness (QED) is 0.780. The van der Waals surface area contributed by atoms with Gasteiger partial charge in [-0.15, -0.1) is 11.3 Å². The summed E-state index contributed by atoms with van der Waals surface area (Å²) in [4.78, 5) is 12.2. The molecule has 0 bridgehead atoms. The van der Waals surface area contributed by atoms with Gasteiger partial charge in [0.05, 0.1) is 7.11 Å². The van der Waals surface area contributed by atoms with Gasteiger partial charge in [0.15, 0.2) is 0 Å². The third-order valence-electron chi connectivity index (χ3n) is 1.63. The van der Waals surface area contributed by atoms with Crippen LogP contribution in [0.2, 0.25) is 0 Å². The first-order valence-corrected chi connectivity index (χ1v) is 6.21. The summed E-state index contributed by atoms with van der Waals surface area (Å²) in [5.41, 5.74) is 5.58. The van der Waals surface area contributed by atoms with Gasteiger partial charge in [-0.05, 0) is 11.4 Å². The Kier molecular flexibility index (Phi) is 5.00. The van der Waals surface area contributed by atoms with E-state index in [9.17, 15) is 4.79 Å². The van der Waals surface area contributed by atoms with Crippen molar-refractivity contribution in [3.63, 3.8) is 0 Å². The van der Waals surface area contributed by atoms with E-state index in [0.717, 1.165) is 5.75 Å². The molecule has 1 atom stereocenters. The van der Waals surface area contributed by atoms with Crippen molar-refractivity contribution in [1.29, 1.82) is 0 Å². The average Bonchev–Trinajstić information content (AvgIpc) is 2.69. The SMILES string of the molecule is COC(=O)C(N)CSCc1cccs1. The molecule has 1 unspecified atom stereocenters. The molecule has 1 aromatic rings. The Hall–Kier alpha value is -0.520. The van der Waals surface area contributed by atoms with Crippen LogP contribution in [0, 0.1) is 0 Å². The highest BCUT2D eigenvalue weighted by molar-refractivity contribution is 7.98. The molecule has 0 aliphatic carbocycles. The average molecular weight is 231 g/mol. The molecule has 2 N–H and O–H groups in total. The van der Waals surface area contributed by atoms with Gasteiger partial charge in [-0.2, -0.15) is 11.8 Å². The first-order chi connectivity index (χ1) is 6.74. The fraction of sp³-hybridized carbons (Fsp3) is 0.444. The van der Waals surface area contributed by atoms with Crippen LogP contribution >= 0.6 is 23.1 Å². The number of esters is 1. The van der Waals surface area contributed by atoms with E-state index in [-0.39, 0.29) is 5.97 Å². The summed E-state index contributed by atoms with van der Waals surface area (Å²) in [6.45, 7) is 0. The van der Waals surface area contributed by atoms with Crippen LogP contribution in [0.3, 0.4) is 0 Å². The molecule has 0 aliphatic heterocycles. The van der Waals surface area contributed by atoms with E-state index in [4.69, 9.17) is 5.73 Å². The molecule has 0 radical (unpaired) electrons. The molecule has 78 valence electrons. The molecule has 1 aromatic heterocycles. The zero-order chi connectivity index (χ0) is 10.4. The van der Waals surface area contributed by atoms with Crippen LogP contribution in [-0.4, -0.2) is 24.9 Å². The second-order valence-electron chi connectivity index (χ2n) is 2.72. The maximum absolute atomic E-state index is 10.9. The largest absolute Gasteiger partial charge is 0.468 e. The monoisotopic (exact) mass is 231 g/mol. The highest BCUT2D eigenvalue weighted by Crippen LogP contribution is 2.17. The fourth-order valence-electron chi connectivity index (χ4n) is 0.901. The van der Waals surface area contributed by atoms with Crippen LogP contribution in [-0.2, 0) is 15.3 Å². The number of hydrogen-bond acceptors (Lipinski definition) is 5. The predicted octanol–water partition coefficient (Wildman–Crippen LogP) is 1.48. The van der Waals surface area contributed by atoms with Gasteiger partial charge in [0, 0.05) is 16.4 Å². The van der Waals surface area contributed by atoms with Crippen molar-refractivity contribution in [3.8, 4) is 0 Å². The number of thioether (sulfide) groups is 1. The Morgan fingerprint density at radius 2 is 2.57 bits per heavy atom. The first-order valence-electron chi connectivity index (χ1n) is 4.17. The van der Waals surface area contributed by atoms with Crippen molar-refractivity contribution in [3.05, 3.63) is 22.4 Å². The number of nitrogens with two attached hydrogens (primary N) is 1. The normalized spacial score (nSPS) is 12.4. The van der Waals surface area contributed by atoms with Crippen molar-refractivity contribution in [2.75, 3.05) is 12.9 Å². The molecule has 14 heavy (non-hydrogen) atoms. The van der Waals surface area contributed by atoms with Crippen LogP contribution in [0.25, 0.3) is 0 Å². The van der Waals surface area contributed by atoms with Crippen LogP contribution in [0.4, 0.5) is 0 Å². The number of hydrogen-bond donors (Lipinski definition) is 1. The molecular formula is C9H13NO2S2. The van der Waals surface area contributed by atoms with Crippen LogP contribution in [0.1, 0.15) is 4.88 Å². The minimum atomic E-state index is -0.509. The summed E-state index contributed by atoms with van der Waals surface area (Å²) in [5, 5.41) is 2.04. The van der Waals surface area contributed by atoms with Gasteiger partial charge >= 0.3 is 5.97 Å². The van der Waals surface area contributed by atoms with E-state index in [1.165, 1.54) is 12.0 Å². The number of rotatable bonds is 5. The summed E-state index contributed by atoms with van der Waals surface area (Å²) in [6.07, 6.45) is 0. The molecule has 0 aromatic carbocycles. The third kappa shape index (κ3) is 3.69. The van der Waals surface area contributed by atoms with Crippen molar-refractivity contribution in [2.45, 2.75) is 11.8 Å². The van der Waals surface area contributed by atoms with Gasteiger partial charge in [-0.25, -0.2) is 0 Å². The number of thiophene rings is 1. The number of carbonyl (C=O) groups excluding carboxylic acids is 1. The van der Waals surface area contributed by atoms with Gasteiger partial charge in [-0.3, -0.25) is 4.79 Å². The van der Waals surface area contributed by atoms with Gasteiger partial charge in [-0.1, -0.05) is 6.07 Å². The molecule has 0 saturated heterocycles. The Labute approximate surface area is 91.6 Å². The van der Waals surface area contributed by atoms with E-state index in [1.807, 2.05) is 11.4 Å². The number of carbonyl (C=O) groups is 1. The summed E-state index contributed by atoms with van der Waals surface area (Å²) >= 11 is 3.36. The summed E-state index contributed by atoms with van der Waals surface area (Å²) in [5.74, 6) is 1.16. The summed E-state index contributed by atoms with van der Waals surface area (Å²) in [7, 11) is 1.35. The summed E-state index contributed by atoms with van der Waals surface area (Å²) in [6, 6.07) is 3.58. The highest BCUT2D eigenvalue weighted by atomic mass is 32.2. The number of ether oxygens (including phenoxy) is 1. The molecule has 0 saturated carbocycles. The molecule has 0 fully saturated rings. The maximum atomic E-state index is 10.9. The Morgan fingerprint density at radius 1 is 1.79 bits per heavy atom. The van der Waals surface area contributed by atoms with Gasteiger partial charge in [0.2, 0.25) is 0 Å². The molecule has 0 amide bonds. The van der Waals surface area contributed by atoms with Gasteiger partial charge in [0.1, 0.15) is 6.04 Å². The van der Waals surface area contributed by atoms with Crippen molar-refractivity contribution in [1.82, 2.24) is 0 Å². The molecule has 0 aliphatic rings. The lowest BCUT2D eigenvalue weighted by Crippen LogP contribution is -2.33. The molecule has 3 nitrogen and oxygen atoms in total.